The normalized spacial score (nSPS) is 11.8. The first-order chi connectivity index (χ1) is 7.63. The van der Waals surface area contributed by atoms with Crippen LogP contribution in [0.4, 0.5) is 0 Å². The number of ether oxygens (including phenoxy) is 1. The van der Waals surface area contributed by atoms with Crippen molar-refractivity contribution in [2.75, 3.05) is 7.11 Å². The third-order valence-corrected chi connectivity index (χ3v) is 2.31. The van der Waals surface area contributed by atoms with E-state index in [1.165, 1.54) is 7.11 Å². The predicted molar refractivity (Wildman–Crippen MR) is 57.9 cm³/mol. The molecule has 0 saturated heterocycles. The van der Waals surface area contributed by atoms with Gasteiger partial charge < -0.3 is 9.84 Å². The Morgan fingerprint density at radius 3 is 2.44 bits per heavy atom. The summed E-state index contributed by atoms with van der Waals surface area (Å²) < 4.78 is 4.47. The largest absolute Gasteiger partial charge is 0.481 e. The van der Waals surface area contributed by atoms with Crippen molar-refractivity contribution in [1.29, 1.82) is 0 Å². The molecule has 16 heavy (non-hydrogen) atoms. The van der Waals surface area contributed by atoms with Crippen LogP contribution in [0.2, 0.25) is 0 Å². The molecule has 1 atom stereocenters. The van der Waals surface area contributed by atoms with Crippen molar-refractivity contribution in [3.8, 4) is 0 Å². The molecule has 86 valence electrons. The maximum atomic E-state index is 11.0. The number of carboxylic acids is 1. The molecule has 0 radical (unpaired) electrons. The quantitative estimate of drug-likeness (QED) is 0.767. The van der Waals surface area contributed by atoms with E-state index in [0.29, 0.717) is 6.42 Å². The van der Waals surface area contributed by atoms with Crippen LogP contribution < -0.4 is 0 Å². The van der Waals surface area contributed by atoms with Gasteiger partial charge in [-0.05, 0) is 12.0 Å². The van der Waals surface area contributed by atoms with Crippen molar-refractivity contribution in [2.24, 2.45) is 5.92 Å². The number of carbonyl (C=O) groups is 2. The predicted octanol–water partition coefficient (Wildman–Crippen LogP) is 1.49. The summed E-state index contributed by atoms with van der Waals surface area (Å²) in [6.07, 6.45) is 0.242. The number of aliphatic carboxylic acids is 1. The minimum atomic E-state index is -0.978. The second kappa shape index (κ2) is 5.90. The summed E-state index contributed by atoms with van der Waals surface area (Å²) in [5.74, 6) is -2.20. The van der Waals surface area contributed by atoms with Crippen LogP contribution in [-0.2, 0) is 20.7 Å². The molecule has 1 aromatic carbocycles. The van der Waals surface area contributed by atoms with Crippen LogP contribution in [0.15, 0.2) is 30.3 Å². The van der Waals surface area contributed by atoms with E-state index >= 15 is 0 Å². The zero-order valence-corrected chi connectivity index (χ0v) is 9.05. The van der Waals surface area contributed by atoms with Crippen molar-refractivity contribution in [1.82, 2.24) is 0 Å². The fourth-order valence-electron chi connectivity index (χ4n) is 1.43. The van der Waals surface area contributed by atoms with Gasteiger partial charge in [-0.2, -0.15) is 0 Å². The Kier molecular flexibility index (Phi) is 4.51. The van der Waals surface area contributed by atoms with Gasteiger partial charge in [0, 0.05) is 0 Å². The molecule has 0 aliphatic rings. The molecule has 0 bridgehead atoms. The maximum Gasteiger partial charge on any atom is 0.307 e. The summed E-state index contributed by atoms with van der Waals surface area (Å²) in [4.78, 5) is 22.0. The molecule has 0 spiro atoms. The Labute approximate surface area is 93.9 Å². The van der Waals surface area contributed by atoms with Gasteiger partial charge in [0.2, 0.25) is 0 Å². The third kappa shape index (κ3) is 3.73. The standard InChI is InChI=1S/C12H14O4/c1-16-11(13)8-10(12(14)15)7-9-5-3-2-4-6-9/h2-6,10H,7-8H2,1H3,(H,14,15)/t10-/m1/s1. The van der Waals surface area contributed by atoms with Gasteiger partial charge in [0.1, 0.15) is 0 Å². The second-order valence-electron chi connectivity index (χ2n) is 3.51. The lowest BCUT2D eigenvalue weighted by molar-refractivity contribution is -0.149. The lowest BCUT2D eigenvalue weighted by Crippen LogP contribution is -2.21. The van der Waals surface area contributed by atoms with Crippen molar-refractivity contribution in [3.05, 3.63) is 35.9 Å². The minimum absolute atomic E-state index is 0.0965. The van der Waals surface area contributed by atoms with E-state index in [1.54, 1.807) is 0 Å². The zero-order chi connectivity index (χ0) is 12.0. The molecule has 0 amide bonds. The molecule has 1 rings (SSSR count). The van der Waals surface area contributed by atoms with Gasteiger partial charge in [-0.25, -0.2) is 0 Å². The maximum absolute atomic E-state index is 11.0. The minimum Gasteiger partial charge on any atom is -0.481 e. The number of hydrogen-bond donors (Lipinski definition) is 1. The Morgan fingerprint density at radius 2 is 1.94 bits per heavy atom. The van der Waals surface area contributed by atoms with Crippen molar-refractivity contribution in [3.63, 3.8) is 0 Å². The Hall–Kier alpha value is -1.84. The number of hydrogen-bond acceptors (Lipinski definition) is 3. The SMILES string of the molecule is COC(=O)C[C@@H](Cc1ccccc1)C(=O)O. The summed E-state index contributed by atoms with van der Waals surface area (Å²) in [6.45, 7) is 0. The number of rotatable bonds is 5. The second-order valence-corrected chi connectivity index (χ2v) is 3.51. The van der Waals surface area contributed by atoms with E-state index in [-0.39, 0.29) is 6.42 Å². The van der Waals surface area contributed by atoms with Gasteiger partial charge in [0.05, 0.1) is 19.4 Å². The summed E-state index contributed by atoms with van der Waals surface area (Å²) >= 11 is 0. The summed E-state index contributed by atoms with van der Waals surface area (Å²) in [5, 5.41) is 8.97. The molecule has 4 heteroatoms. The number of carbonyl (C=O) groups excluding carboxylic acids is 1. The Bertz CT molecular complexity index is 359. The van der Waals surface area contributed by atoms with E-state index in [1.807, 2.05) is 30.3 Å². The van der Waals surface area contributed by atoms with Crippen LogP contribution in [0.1, 0.15) is 12.0 Å². The average Bonchev–Trinajstić information content (AvgIpc) is 2.29. The van der Waals surface area contributed by atoms with E-state index in [9.17, 15) is 9.59 Å². The highest BCUT2D eigenvalue weighted by molar-refractivity contribution is 5.78. The molecule has 0 unspecified atom stereocenters. The molecule has 0 aromatic heterocycles. The number of methoxy groups -OCH3 is 1. The van der Waals surface area contributed by atoms with Crippen molar-refractivity contribution < 1.29 is 19.4 Å². The molecule has 1 aromatic rings. The number of benzene rings is 1. The summed E-state index contributed by atoms with van der Waals surface area (Å²) in [5.41, 5.74) is 0.902. The summed E-state index contributed by atoms with van der Waals surface area (Å²) in [7, 11) is 1.25. The molecule has 0 heterocycles. The Morgan fingerprint density at radius 1 is 1.31 bits per heavy atom. The highest BCUT2D eigenvalue weighted by atomic mass is 16.5. The fourth-order valence-corrected chi connectivity index (χ4v) is 1.43. The van der Waals surface area contributed by atoms with Crippen LogP contribution in [0, 0.1) is 5.92 Å². The topological polar surface area (TPSA) is 63.6 Å². The van der Waals surface area contributed by atoms with Gasteiger partial charge >= 0.3 is 11.9 Å². The summed E-state index contributed by atoms with van der Waals surface area (Å²) in [6, 6.07) is 9.22. The van der Waals surface area contributed by atoms with E-state index in [0.717, 1.165) is 5.56 Å². The van der Waals surface area contributed by atoms with Gasteiger partial charge in [0.15, 0.2) is 0 Å². The smallest absolute Gasteiger partial charge is 0.307 e. The molecule has 0 fully saturated rings. The van der Waals surface area contributed by atoms with Crippen molar-refractivity contribution in [2.45, 2.75) is 12.8 Å². The van der Waals surface area contributed by atoms with E-state index in [4.69, 9.17) is 5.11 Å². The molecule has 0 saturated carbocycles. The molecular weight excluding hydrogens is 208 g/mol. The average molecular weight is 222 g/mol. The lowest BCUT2D eigenvalue weighted by atomic mass is 9.96. The highest BCUT2D eigenvalue weighted by Gasteiger charge is 2.21. The van der Waals surface area contributed by atoms with Crippen LogP contribution in [0.3, 0.4) is 0 Å². The fraction of sp³-hybridized carbons (Fsp3) is 0.333. The van der Waals surface area contributed by atoms with Crippen LogP contribution in [0.5, 0.6) is 0 Å². The lowest BCUT2D eigenvalue weighted by Gasteiger charge is -2.10. The van der Waals surface area contributed by atoms with E-state index in [2.05, 4.69) is 4.74 Å². The third-order valence-electron chi connectivity index (χ3n) is 2.31. The van der Waals surface area contributed by atoms with Gasteiger partial charge in [-0.3, -0.25) is 9.59 Å². The molecule has 1 N–H and O–H groups in total. The Balaban J connectivity index is 2.65. The molecule has 4 nitrogen and oxygen atoms in total. The van der Waals surface area contributed by atoms with E-state index < -0.39 is 17.9 Å². The molecule has 0 aliphatic heterocycles. The first-order valence-corrected chi connectivity index (χ1v) is 4.97. The molecular formula is C12H14O4. The van der Waals surface area contributed by atoms with Crippen LogP contribution in [0.25, 0.3) is 0 Å². The zero-order valence-electron chi connectivity index (χ0n) is 9.05. The molecule has 0 aliphatic carbocycles. The van der Waals surface area contributed by atoms with Gasteiger partial charge in [0.25, 0.3) is 0 Å². The first kappa shape index (κ1) is 12.2. The van der Waals surface area contributed by atoms with Crippen molar-refractivity contribution >= 4 is 11.9 Å². The van der Waals surface area contributed by atoms with Crippen LogP contribution >= 0.6 is 0 Å². The number of esters is 1. The highest BCUT2D eigenvalue weighted by Crippen LogP contribution is 2.13. The first-order valence-electron chi connectivity index (χ1n) is 4.97. The monoisotopic (exact) mass is 222 g/mol. The number of carboxylic acid groups (broad SMARTS) is 1. The van der Waals surface area contributed by atoms with Gasteiger partial charge in [-0.1, -0.05) is 30.3 Å². The van der Waals surface area contributed by atoms with Gasteiger partial charge in [-0.15, -0.1) is 0 Å². The van der Waals surface area contributed by atoms with Crippen LogP contribution in [-0.4, -0.2) is 24.2 Å².